The summed E-state index contributed by atoms with van der Waals surface area (Å²) in [4.78, 5) is 25.8. The number of piperidine rings is 1. The maximum absolute atomic E-state index is 13.0. The van der Waals surface area contributed by atoms with Crippen LogP contribution < -0.4 is 11.1 Å². The summed E-state index contributed by atoms with van der Waals surface area (Å²) in [6.07, 6.45) is -0.689. The number of primary amides is 1. The number of halogens is 3. The maximum Gasteiger partial charge on any atom is 0.433 e. The topological polar surface area (TPSA) is 117 Å². The van der Waals surface area contributed by atoms with Crippen molar-refractivity contribution in [2.75, 3.05) is 25.0 Å². The van der Waals surface area contributed by atoms with Gasteiger partial charge in [0, 0.05) is 36.6 Å². The average Bonchev–Trinajstić information content (AvgIpc) is 3.29. The Morgan fingerprint density at radius 3 is 2.65 bits per heavy atom. The predicted molar refractivity (Wildman–Crippen MR) is 122 cm³/mol. The first-order valence-electron chi connectivity index (χ1n) is 10.5. The molecule has 1 aliphatic rings. The molecule has 0 unspecified atom stereocenters. The van der Waals surface area contributed by atoms with E-state index >= 15 is 0 Å². The number of carbonyl (C=O) groups excluding carboxylic acids is 1. The van der Waals surface area contributed by atoms with Crippen molar-refractivity contribution in [3.8, 4) is 10.4 Å². The van der Waals surface area contributed by atoms with E-state index in [1.807, 2.05) is 13.0 Å². The van der Waals surface area contributed by atoms with Crippen LogP contribution in [0.4, 0.5) is 29.6 Å². The smallest absolute Gasteiger partial charge is 0.395 e. The Morgan fingerprint density at radius 1 is 1.26 bits per heavy atom. The van der Waals surface area contributed by atoms with Gasteiger partial charge < -0.3 is 21.1 Å². The van der Waals surface area contributed by atoms with Gasteiger partial charge in [-0.2, -0.15) is 13.2 Å². The van der Waals surface area contributed by atoms with Gasteiger partial charge in [0.15, 0.2) is 0 Å². The second-order valence-corrected chi connectivity index (χ2v) is 9.30. The van der Waals surface area contributed by atoms with E-state index in [0.717, 1.165) is 33.3 Å². The van der Waals surface area contributed by atoms with E-state index in [-0.39, 0.29) is 12.6 Å². The molecule has 8 nitrogen and oxygen atoms in total. The third kappa shape index (κ3) is 4.97. The van der Waals surface area contributed by atoms with Crippen molar-refractivity contribution < 1.29 is 23.1 Å². The molecule has 3 aromatic rings. The number of urea groups is 1. The van der Waals surface area contributed by atoms with Crippen LogP contribution in [0.15, 0.2) is 36.7 Å². The minimum absolute atomic E-state index is 0.0972. The zero-order valence-electron chi connectivity index (χ0n) is 18.3. The van der Waals surface area contributed by atoms with E-state index in [1.165, 1.54) is 11.3 Å². The molecule has 0 spiro atoms. The van der Waals surface area contributed by atoms with Crippen LogP contribution in [0.5, 0.6) is 0 Å². The fraction of sp³-hybridized carbons (Fsp3) is 0.364. The van der Waals surface area contributed by atoms with Crippen molar-refractivity contribution >= 4 is 29.0 Å². The number of hydrogen-bond donors (Lipinski definition) is 3. The highest BCUT2D eigenvalue weighted by Crippen LogP contribution is 2.40. The Balaban J connectivity index is 1.58. The van der Waals surface area contributed by atoms with Gasteiger partial charge in [-0.05, 0) is 49.1 Å². The summed E-state index contributed by atoms with van der Waals surface area (Å²) in [6.45, 7) is 2.67. The standard InChI is InChI=1S/C22H23F3N6O2S/c1-13-8-14(10-15(9-13)29-20-27-5-2-17(30-20)22(23,24)25)16-11-28-18(34-16)21(12-32)3-6-31(7-4-21)19(26)33/h2,5,8-11,32H,3-4,6-7,12H2,1H3,(H2,26,33)(H,27,29,30). The Bertz CT molecular complexity index is 1190. The number of anilines is 2. The van der Waals surface area contributed by atoms with Gasteiger partial charge in [-0.25, -0.2) is 19.7 Å². The number of nitrogens with zero attached hydrogens (tertiary/aromatic N) is 4. The van der Waals surface area contributed by atoms with E-state index in [9.17, 15) is 23.1 Å². The van der Waals surface area contributed by atoms with Crippen molar-refractivity contribution in [3.05, 3.63) is 52.9 Å². The normalized spacial score (nSPS) is 15.9. The van der Waals surface area contributed by atoms with E-state index in [2.05, 4.69) is 20.3 Å². The van der Waals surface area contributed by atoms with Crippen LogP contribution >= 0.6 is 11.3 Å². The number of rotatable bonds is 5. The molecular formula is C22H23F3N6O2S. The second-order valence-electron chi connectivity index (χ2n) is 8.27. The van der Waals surface area contributed by atoms with Crippen LogP contribution in [0.25, 0.3) is 10.4 Å². The van der Waals surface area contributed by atoms with Gasteiger partial charge in [0.25, 0.3) is 0 Å². The summed E-state index contributed by atoms with van der Waals surface area (Å²) >= 11 is 1.44. The number of aryl methyl sites for hydroxylation is 1. The number of amides is 2. The van der Waals surface area contributed by atoms with Gasteiger partial charge in [-0.1, -0.05) is 6.07 Å². The molecule has 0 bridgehead atoms. The number of thiazole rings is 1. The lowest BCUT2D eigenvalue weighted by atomic mass is 9.80. The number of hydrogen-bond acceptors (Lipinski definition) is 7. The van der Waals surface area contributed by atoms with E-state index in [0.29, 0.717) is 31.6 Å². The SMILES string of the molecule is Cc1cc(Nc2nccc(C(F)(F)F)n2)cc(-c2cnc(C3(CO)CCN(C(N)=O)CC3)s2)c1. The lowest BCUT2D eigenvalue weighted by Gasteiger charge is -2.38. The number of carbonyl (C=O) groups is 1. The number of alkyl halides is 3. The van der Waals surface area contributed by atoms with E-state index in [1.54, 1.807) is 23.2 Å². The van der Waals surface area contributed by atoms with Crippen LogP contribution in [-0.4, -0.2) is 50.7 Å². The highest BCUT2D eigenvalue weighted by molar-refractivity contribution is 7.15. The average molecular weight is 493 g/mol. The second kappa shape index (κ2) is 9.18. The zero-order valence-corrected chi connectivity index (χ0v) is 19.1. The molecule has 34 heavy (non-hydrogen) atoms. The largest absolute Gasteiger partial charge is 0.433 e. The molecule has 3 heterocycles. The first kappa shape index (κ1) is 23.9. The highest BCUT2D eigenvalue weighted by atomic mass is 32.1. The lowest BCUT2D eigenvalue weighted by molar-refractivity contribution is -0.141. The van der Waals surface area contributed by atoms with Crippen molar-refractivity contribution in [2.45, 2.75) is 31.4 Å². The highest BCUT2D eigenvalue weighted by Gasteiger charge is 2.39. The van der Waals surface area contributed by atoms with Crippen molar-refractivity contribution in [1.82, 2.24) is 19.9 Å². The van der Waals surface area contributed by atoms with Crippen molar-refractivity contribution in [3.63, 3.8) is 0 Å². The summed E-state index contributed by atoms with van der Waals surface area (Å²) in [6, 6.07) is 5.85. The van der Waals surface area contributed by atoms with Crippen molar-refractivity contribution in [2.24, 2.45) is 5.73 Å². The minimum Gasteiger partial charge on any atom is -0.395 e. The number of aromatic nitrogens is 3. The van der Waals surface area contributed by atoms with Gasteiger partial charge in [0.1, 0.15) is 10.7 Å². The predicted octanol–water partition coefficient (Wildman–Crippen LogP) is 4.08. The molecule has 180 valence electrons. The molecule has 12 heteroatoms. The number of nitrogens with two attached hydrogens (primary N) is 1. The summed E-state index contributed by atoms with van der Waals surface area (Å²) in [5.74, 6) is -0.156. The monoisotopic (exact) mass is 492 g/mol. The van der Waals surface area contributed by atoms with Gasteiger partial charge in [-0.3, -0.25) is 0 Å². The number of likely N-dealkylation sites (tertiary alicyclic amines) is 1. The van der Waals surface area contributed by atoms with Gasteiger partial charge in [0.05, 0.1) is 11.5 Å². The Kier molecular flexibility index (Phi) is 6.45. The van der Waals surface area contributed by atoms with Crippen LogP contribution in [-0.2, 0) is 11.6 Å². The minimum atomic E-state index is -4.56. The van der Waals surface area contributed by atoms with Gasteiger partial charge in [0.2, 0.25) is 5.95 Å². The zero-order chi connectivity index (χ0) is 24.5. The summed E-state index contributed by atoms with van der Waals surface area (Å²) in [7, 11) is 0. The molecule has 4 N–H and O–H groups in total. The van der Waals surface area contributed by atoms with Crippen LogP contribution in [0.1, 0.15) is 29.1 Å². The first-order chi connectivity index (χ1) is 16.1. The Hall–Kier alpha value is -3.25. The molecule has 2 aromatic heterocycles. The lowest BCUT2D eigenvalue weighted by Crippen LogP contribution is -2.48. The summed E-state index contributed by atoms with van der Waals surface area (Å²) < 4.78 is 38.9. The molecule has 4 rings (SSSR count). The number of nitrogens with one attached hydrogen (secondary N) is 1. The molecule has 1 fully saturated rings. The van der Waals surface area contributed by atoms with Crippen LogP contribution in [0, 0.1) is 6.92 Å². The maximum atomic E-state index is 13.0. The number of aliphatic hydroxyl groups excluding tert-OH is 1. The molecule has 0 atom stereocenters. The molecule has 1 aliphatic heterocycles. The molecule has 1 aromatic carbocycles. The van der Waals surface area contributed by atoms with Gasteiger partial charge >= 0.3 is 12.2 Å². The summed E-state index contributed by atoms with van der Waals surface area (Å²) in [5, 5.41) is 13.8. The quantitative estimate of drug-likeness (QED) is 0.494. The molecule has 0 saturated carbocycles. The fourth-order valence-electron chi connectivity index (χ4n) is 3.95. The van der Waals surface area contributed by atoms with Crippen LogP contribution in [0.3, 0.4) is 0 Å². The molecule has 2 amide bonds. The van der Waals surface area contributed by atoms with Crippen LogP contribution in [0.2, 0.25) is 0 Å². The number of benzene rings is 1. The third-order valence-corrected chi connectivity index (χ3v) is 7.15. The van der Waals surface area contributed by atoms with E-state index in [4.69, 9.17) is 5.73 Å². The van der Waals surface area contributed by atoms with Crippen molar-refractivity contribution in [1.29, 1.82) is 0 Å². The summed E-state index contributed by atoms with van der Waals surface area (Å²) in [5.41, 5.74) is 6.03. The molecule has 1 saturated heterocycles. The Morgan fingerprint density at radius 2 is 2.00 bits per heavy atom. The molecular weight excluding hydrogens is 469 g/mol. The van der Waals surface area contributed by atoms with Gasteiger partial charge in [-0.15, -0.1) is 11.3 Å². The number of aliphatic hydroxyl groups is 1. The van der Waals surface area contributed by atoms with E-state index < -0.39 is 23.3 Å². The third-order valence-electron chi connectivity index (χ3n) is 5.86. The fourth-order valence-corrected chi connectivity index (χ4v) is 5.09. The molecule has 0 radical (unpaired) electrons. The Labute approximate surface area is 197 Å². The first-order valence-corrected chi connectivity index (χ1v) is 11.3. The molecule has 0 aliphatic carbocycles.